The Balaban J connectivity index is 2.02. The SMILES string of the molecule is COc1ccc(CNC2CC2)c(OCC(C)C(N)=O)c1. The van der Waals surface area contributed by atoms with Crippen molar-refractivity contribution in [2.24, 2.45) is 11.7 Å². The van der Waals surface area contributed by atoms with Crippen LogP contribution in [0.3, 0.4) is 0 Å². The van der Waals surface area contributed by atoms with Gasteiger partial charge >= 0.3 is 0 Å². The second-order valence-corrected chi connectivity index (χ2v) is 5.24. The van der Waals surface area contributed by atoms with Crippen LogP contribution < -0.4 is 20.5 Å². The molecule has 0 heterocycles. The quantitative estimate of drug-likeness (QED) is 0.755. The lowest BCUT2D eigenvalue weighted by molar-refractivity contribution is -0.122. The van der Waals surface area contributed by atoms with Gasteiger partial charge in [0, 0.05) is 24.2 Å². The van der Waals surface area contributed by atoms with E-state index in [0.717, 1.165) is 23.6 Å². The van der Waals surface area contributed by atoms with Crippen LogP contribution in [0.15, 0.2) is 18.2 Å². The highest BCUT2D eigenvalue weighted by atomic mass is 16.5. The minimum absolute atomic E-state index is 0.277. The standard InChI is InChI=1S/C15H22N2O3/c1-10(15(16)18)9-20-14-7-13(19-2)6-3-11(14)8-17-12-4-5-12/h3,6-7,10,12,17H,4-5,8-9H2,1-2H3,(H2,16,18). The topological polar surface area (TPSA) is 73.6 Å². The van der Waals surface area contributed by atoms with Crippen LogP contribution in [0.25, 0.3) is 0 Å². The third kappa shape index (κ3) is 4.13. The summed E-state index contributed by atoms with van der Waals surface area (Å²) in [5, 5.41) is 3.45. The Bertz CT molecular complexity index is 472. The molecular formula is C15H22N2O3. The fraction of sp³-hybridized carbons (Fsp3) is 0.533. The maximum atomic E-state index is 11.1. The molecule has 1 aliphatic carbocycles. The van der Waals surface area contributed by atoms with Crippen molar-refractivity contribution >= 4 is 5.91 Å². The minimum atomic E-state index is -0.356. The molecule has 1 unspecified atom stereocenters. The average molecular weight is 278 g/mol. The summed E-state index contributed by atoms with van der Waals surface area (Å²) in [6, 6.07) is 6.37. The molecule has 0 saturated heterocycles. The van der Waals surface area contributed by atoms with Crippen LogP contribution in [-0.4, -0.2) is 25.7 Å². The highest BCUT2D eigenvalue weighted by Crippen LogP contribution is 2.27. The molecule has 0 spiro atoms. The maximum absolute atomic E-state index is 11.1. The lowest BCUT2D eigenvalue weighted by atomic mass is 10.1. The molecule has 0 aliphatic heterocycles. The van der Waals surface area contributed by atoms with E-state index in [1.165, 1.54) is 12.8 Å². The van der Waals surface area contributed by atoms with Gasteiger partial charge in [-0.25, -0.2) is 0 Å². The molecule has 110 valence electrons. The van der Waals surface area contributed by atoms with E-state index in [9.17, 15) is 4.79 Å². The fourth-order valence-electron chi connectivity index (χ4n) is 1.78. The fourth-order valence-corrected chi connectivity index (χ4v) is 1.78. The number of amides is 1. The summed E-state index contributed by atoms with van der Waals surface area (Å²) in [5.74, 6) is 0.809. The van der Waals surface area contributed by atoms with Crippen molar-refractivity contribution in [3.8, 4) is 11.5 Å². The van der Waals surface area contributed by atoms with Gasteiger partial charge in [0.25, 0.3) is 0 Å². The first-order valence-electron chi connectivity index (χ1n) is 6.92. The molecule has 2 rings (SSSR count). The van der Waals surface area contributed by atoms with Crippen molar-refractivity contribution in [1.29, 1.82) is 0 Å². The number of benzene rings is 1. The van der Waals surface area contributed by atoms with Crippen LogP contribution in [-0.2, 0) is 11.3 Å². The zero-order valence-corrected chi connectivity index (χ0v) is 12.0. The van der Waals surface area contributed by atoms with Crippen LogP contribution in [0, 0.1) is 5.92 Å². The van der Waals surface area contributed by atoms with E-state index < -0.39 is 0 Å². The Labute approximate surface area is 119 Å². The number of ether oxygens (including phenoxy) is 2. The van der Waals surface area contributed by atoms with E-state index in [-0.39, 0.29) is 18.4 Å². The Morgan fingerprint density at radius 1 is 1.50 bits per heavy atom. The third-order valence-corrected chi connectivity index (χ3v) is 3.41. The number of hydrogen-bond acceptors (Lipinski definition) is 4. The summed E-state index contributed by atoms with van der Waals surface area (Å²) in [5.41, 5.74) is 6.31. The number of hydrogen-bond donors (Lipinski definition) is 2. The number of methoxy groups -OCH3 is 1. The van der Waals surface area contributed by atoms with Crippen LogP contribution >= 0.6 is 0 Å². The van der Waals surface area contributed by atoms with Crippen molar-refractivity contribution in [3.63, 3.8) is 0 Å². The van der Waals surface area contributed by atoms with Crippen LogP contribution in [0.5, 0.6) is 11.5 Å². The highest BCUT2D eigenvalue weighted by molar-refractivity contribution is 5.76. The number of nitrogens with one attached hydrogen (secondary N) is 1. The van der Waals surface area contributed by atoms with Gasteiger partial charge in [0.1, 0.15) is 11.5 Å². The first-order valence-corrected chi connectivity index (χ1v) is 6.92. The van der Waals surface area contributed by atoms with Gasteiger partial charge in [-0.1, -0.05) is 13.0 Å². The second-order valence-electron chi connectivity index (χ2n) is 5.24. The monoisotopic (exact) mass is 278 g/mol. The molecule has 0 radical (unpaired) electrons. The van der Waals surface area contributed by atoms with Crippen molar-refractivity contribution in [2.45, 2.75) is 32.4 Å². The number of nitrogens with two attached hydrogens (primary N) is 1. The summed E-state index contributed by atoms with van der Waals surface area (Å²) in [4.78, 5) is 11.1. The van der Waals surface area contributed by atoms with E-state index in [4.69, 9.17) is 15.2 Å². The molecule has 1 aliphatic rings. The summed E-state index contributed by atoms with van der Waals surface area (Å²) < 4.78 is 10.9. The molecule has 1 saturated carbocycles. The number of rotatable bonds is 8. The Hall–Kier alpha value is -1.75. The molecule has 1 fully saturated rings. The summed E-state index contributed by atoms with van der Waals surface area (Å²) >= 11 is 0. The van der Waals surface area contributed by atoms with Gasteiger partial charge < -0.3 is 20.5 Å². The molecular weight excluding hydrogens is 256 g/mol. The average Bonchev–Trinajstić information content (AvgIpc) is 3.26. The van der Waals surface area contributed by atoms with Gasteiger partial charge in [-0.3, -0.25) is 4.79 Å². The van der Waals surface area contributed by atoms with Crippen LogP contribution in [0.2, 0.25) is 0 Å². The molecule has 1 atom stereocenters. The van der Waals surface area contributed by atoms with Crippen LogP contribution in [0.1, 0.15) is 25.3 Å². The Morgan fingerprint density at radius 2 is 2.25 bits per heavy atom. The number of carbonyl (C=O) groups excluding carboxylic acids is 1. The molecule has 0 aromatic heterocycles. The second kappa shape index (κ2) is 6.61. The van der Waals surface area contributed by atoms with E-state index >= 15 is 0 Å². The van der Waals surface area contributed by atoms with Gasteiger partial charge in [0.05, 0.1) is 19.6 Å². The number of primary amides is 1. The third-order valence-electron chi connectivity index (χ3n) is 3.41. The lowest BCUT2D eigenvalue weighted by Gasteiger charge is -2.15. The predicted octanol–water partition coefficient (Wildman–Crippen LogP) is 1.45. The normalized spacial score (nSPS) is 15.7. The first kappa shape index (κ1) is 14.7. The van der Waals surface area contributed by atoms with E-state index in [2.05, 4.69) is 5.32 Å². The Kier molecular flexibility index (Phi) is 4.84. The van der Waals surface area contributed by atoms with Gasteiger partial charge in [-0.2, -0.15) is 0 Å². The summed E-state index contributed by atoms with van der Waals surface area (Å²) in [6.45, 7) is 2.79. The van der Waals surface area contributed by atoms with Gasteiger partial charge in [-0.05, 0) is 18.9 Å². The van der Waals surface area contributed by atoms with E-state index in [0.29, 0.717) is 6.04 Å². The van der Waals surface area contributed by atoms with Crippen molar-refractivity contribution < 1.29 is 14.3 Å². The van der Waals surface area contributed by atoms with Gasteiger partial charge in [-0.15, -0.1) is 0 Å². The molecule has 5 nitrogen and oxygen atoms in total. The molecule has 1 aromatic carbocycles. The number of carbonyl (C=O) groups is 1. The molecule has 1 aromatic rings. The summed E-state index contributed by atoms with van der Waals surface area (Å²) in [6.07, 6.45) is 2.48. The maximum Gasteiger partial charge on any atom is 0.223 e. The first-order chi connectivity index (χ1) is 9.60. The molecule has 20 heavy (non-hydrogen) atoms. The molecule has 3 N–H and O–H groups in total. The zero-order valence-electron chi connectivity index (χ0n) is 12.0. The molecule has 5 heteroatoms. The largest absolute Gasteiger partial charge is 0.497 e. The molecule has 0 bridgehead atoms. The zero-order chi connectivity index (χ0) is 14.5. The lowest BCUT2D eigenvalue weighted by Crippen LogP contribution is -2.26. The van der Waals surface area contributed by atoms with E-state index in [1.54, 1.807) is 14.0 Å². The van der Waals surface area contributed by atoms with Crippen molar-refractivity contribution in [2.75, 3.05) is 13.7 Å². The van der Waals surface area contributed by atoms with Gasteiger partial charge in [0.2, 0.25) is 5.91 Å². The predicted molar refractivity (Wildman–Crippen MR) is 76.7 cm³/mol. The van der Waals surface area contributed by atoms with E-state index in [1.807, 2.05) is 18.2 Å². The van der Waals surface area contributed by atoms with Gasteiger partial charge in [0.15, 0.2) is 0 Å². The Morgan fingerprint density at radius 3 is 2.85 bits per heavy atom. The highest BCUT2D eigenvalue weighted by Gasteiger charge is 2.21. The van der Waals surface area contributed by atoms with Crippen LogP contribution in [0.4, 0.5) is 0 Å². The van der Waals surface area contributed by atoms with Crippen molar-refractivity contribution in [1.82, 2.24) is 5.32 Å². The molecule has 1 amide bonds. The smallest absolute Gasteiger partial charge is 0.223 e. The summed E-state index contributed by atoms with van der Waals surface area (Å²) in [7, 11) is 1.62. The van der Waals surface area contributed by atoms with Crippen molar-refractivity contribution in [3.05, 3.63) is 23.8 Å². The minimum Gasteiger partial charge on any atom is -0.497 e.